The summed E-state index contributed by atoms with van der Waals surface area (Å²) in [6.45, 7) is 4.59. The molecule has 16 nitrogen and oxygen atoms in total. The minimum atomic E-state index is -4.02. The summed E-state index contributed by atoms with van der Waals surface area (Å²) >= 11 is 0. The van der Waals surface area contributed by atoms with Crippen LogP contribution in [0.4, 0.5) is 20.2 Å². The van der Waals surface area contributed by atoms with E-state index in [0.717, 1.165) is 68.1 Å². The Kier molecular flexibility index (Phi) is 11.4. The maximum atomic E-state index is 15.2. The van der Waals surface area contributed by atoms with E-state index in [2.05, 4.69) is 25.2 Å². The van der Waals surface area contributed by atoms with Crippen LogP contribution in [-0.2, 0) is 24.6 Å². The van der Waals surface area contributed by atoms with Gasteiger partial charge in [-0.25, -0.2) is 13.8 Å². The molecule has 64 heavy (non-hydrogen) atoms. The van der Waals surface area contributed by atoms with Crippen molar-refractivity contribution in [3.8, 4) is 17.6 Å². The van der Waals surface area contributed by atoms with Crippen molar-refractivity contribution < 1.29 is 36.3 Å². The van der Waals surface area contributed by atoms with E-state index in [-0.39, 0.29) is 81.8 Å². The first-order valence-corrected chi connectivity index (χ1v) is 23.2. The number of anilines is 2. The van der Waals surface area contributed by atoms with Crippen molar-refractivity contribution in [1.29, 1.82) is 5.26 Å². The SMILES string of the molecule is CCN(C)S(=O)(=O)Nc1ccc(F)c(Oc2ccc3ncn(C4CC5(CCN(C(=O)C6CC(N7CC(c8ccc(NC9CCC(=O)NC9=O)cc8F)C7)C6)CC5)C4)c(=O)c3c2)c1C#N. The van der Waals surface area contributed by atoms with Crippen molar-refractivity contribution in [2.45, 2.75) is 82.3 Å². The van der Waals surface area contributed by atoms with Gasteiger partial charge in [0.15, 0.2) is 11.6 Å². The quantitative estimate of drug-likeness (QED) is 0.162. The summed E-state index contributed by atoms with van der Waals surface area (Å²) in [4.78, 5) is 59.8. The van der Waals surface area contributed by atoms with E-state index in [9.17, 15) is 32.9 Å². The zero-order chi connectivity index (χ0) is 45.1. The van der Waals surface area contributed by atoms with Gasteiger partial charge in [-0.05, 0) is 98.4 Å². The molecule has 336 valence electrons. The summed E-state index contributed by atoms with van der Waals surface area (Å²) in [6.07, 6.45) is 6.95. The van der Waals surface area contributed by atoms with Crippen LogP contribution in [0.2, 0.25) is 0 Å². The third-order valence-corrected chi connectivity index (χ3v) is 15.6. The van der Waals surface area contributed by atoms with Gasteiger partial charge in [0.2, 0.25) is 17.7 Å². The fourth-order valence-electron chi connectivity index (χ4n) is 9.88. The van der Waals surface area contributed by atoms with Crippen LogP contribution in [0.3, 0.4) is 0 Å². The van der Waals surface area contributed by atoms with Crippen LogP contribution in [0.5, 0.6) is 11.5 Å². The Morgan fingerprint density at radius 2 is 1.78 bits per heavy atom. The number of carbonyl (C=O) groups excluding carboxylic acids is 3. The highest BCUT2D eigenvalue weighted by Crippen LogP contribution is 2.55. The summed E-state index contributed by atoms with van der Waals surface area (Å²) in [5.41, 5.74) is 0.767. The number of nitrogens with zero attached hydrogens (tertiary/aromatic N) is 6. The first-order valence-electron chi connectivity index (χ1n) is 21.7. The third-order valence-electron chi connectivity index (χ3n) is 14.1. The van der Waals surface area contributed by atoms with Crippen molar-refractivity contribution in [3.05, 3.63) is 88.0 Å². The zero-order valence-electron chi connectivity index (χ0n) is 35.5. The fraction of sp³-hybridized carbons (Fsp3) is 0.467. The number of piperidine rings is 2. The predicted octanol–water partition coefficient (Wildman–Crippen LogP) is 4.99. The number of carbonyl (C=O) groups is 3. The average Bonchev–Trinajstić information content (AvgIpc) is 3.23. The summed E-state index contributed by atoms with van der Waals surface area (Å²) in [5, 5.41) is 15.5. The van der Waals surface area contributed by atoms with Gasteiger partial charge in [-0.2, -0.15) is 18.0 Å². The monoisotopic (exact) mass is 897 g/mol. The second-order valence-electron chi connectivity index (χ2n) is 17.9. The number of hydrogen-bond donors (Lipinski definition) is 3. The molecule has 2 aliphatic carbocycles. The Morgan fingerprint density at radius 3 is 2.47 bits per heavy atom. The van der Waals surface area contributed by atoms with E-state index in [0.29, 0.717) is 42.3 Å². The summed E-state index contributed by atoms with van der Waals surface area (Å²) in [6, 6.07) is 13.1. The number of benzene rings is 3. The summed E-state index contributed by atoms with van der Waals surface area (Å²) < 4.78 is 66.3. The van der Waals surface area contributed by atoms with E-state index < -0.39 is 33.7 Å². The summed E-state index contributed by atoms with van der Waals surface area (Å²) in [7, 11) is -2.66. The number of likely N-dealkylation sites (tertiary alicyclic amines) is 2. The van der Waals surface area contributed by atoms with Crippen molar-refractivity contribution in [1.82, 2.24) is 29.0 Å². The van der Waals surface area contributed by atoms with Crippen molar-refractivity contribution >= 4 is 50.2 Å². The lowest BCUT2D eigenvalue weighted by atomic mass is 9.60. The molecule has 1 unspecified atom stereocenters. The number of imide groups is 1. The number of nitriles is 1. The number of aromatic nitrogens is 2. The van der Waals surface area contributed by atoms with Crippen LogP contribution in [0.1, 0.15) is 81.4 Å². The van der Waals surface area contributed by atoms with Crippen LogP contribution in [0.15, 0.2) is 59.7 Å². The van der Waals surface area contributed by atoms with Gasteiger partial charge in [-0.1, -0.05) is 13.0 Å². The van der Waals surface area contributed by atoms with Crippen LogP contribution >= 0.6 is 0 Å². The van der Waals surface area contributed by atoms with Crippen molar-refractivity contribution in [2.75, 3.05) is 49.8 Å². The smallest absolute Gasteiger partial charge is 0.301 e. The molecule has 4 aromatic rings. The van der Waals surface area contributed by atoms with Crippen molar-refractivity contribution in [3.63, 3.8) is 0 Å². The number of nitrogens with one attached hydrogen (secondary N) is 3. The highest BCUT2D eigenvalue weighted by atomic mass is 32.2. The second-order valence-corrected chi connectivity index (χ2v) is 19.7. The molecular formula is C45H49F2N9O7S. The lowest BCUT2D eigenvalue weighted by Crippen LogP contribution is -2.58. The maximum Gasteiger partial charge on any atom is 0.301 e. The van der Waals surface area contributed by atoms with E-state index in [4.69, 9.17) is 4.74 Å². The number of hydrogen-bond acceptors (Lipinski definition) is 11. The van der Waals surface area contributed by atoms with Gasteiger partial charge in [0.25, 0.3) is 5.56 Å². The highest BCUT2D eigenvalue weighted by Gasteiger charge is 2.49. The fourth-order valence-corrected chi connectivity index (χ4v) is 10.8. The molecule has 5 aliphatic rings. The van der Waals surface area contributed by atoms with Crippen LogP contribution in [0, 0.1) is 34.3 Å². The number of ether oxygens (including phenoxy) is 1. The molecule has 19 heteroatoms. The Bertz CT molecular complexity index is 2750. The Hall–Kier alpha value is -5.97. The number of halogens is 2. The average molecular weight is 898 g/mol. The van der Waals surface area contributed by atoms with Gasteiger partial charge in [0, 0.05) is 75.8 Å². The minimum Gasteiger partial charge on any atom is -0.453 e. The van der Waals surface area contributed by atoms with Gasteiger partial charge in [0.1, 0.15) is 29.2 Å². The topological polar surface area (TPSA) is 199 Å². The van der Waals surface area contributed by atoms with E-state index in [1.807, 2.05) is 11.0 Å². The molecule has 1 atom stereocenters. The molecule has 3 aliphatic heterocycles. The van der Waals surface area contributed by atoms with Gasteiger partial charge in [-0.15, -0.1) is 0 Å². The molecule has 0 bridgehead atoms. The lowest BCUT2D eigenvalue weighted by Gasteiger charge is -2.54. The highest BCUT2D eigenvalue weighted by molar-refractivity contribution is 7.90. The van der Waals surface area contributed by atoms with Gasteiger partial charge in [0.05, 0.1) is 22.9 Å². The molecule has 5 fully saturated rings. The van der Waals surface area contributed by atoms with Crippen LogP contribution in [0.25, 0.3) is 10.9 Å². The molecule has 3 amide bonds. The molecule has 3 N–H and O–H groups in total. The molecular weight excluding hydrogens is 849 g/mol. The lowest BCUT2D eigenvalue weighted by molar-refractivity contribution is -0.145. The zero-order valence-corrected chi connectivity index (χ0v) is 36.3. The Morgan fingerprint density at radius 1 is 1.03 bits per heavy atom. The first-order chi connectivity index (χ1) is 30.6. The van der Waals surface area contributed by atoms with Crippen molar-refractivity contribution in [2.24, 2.45) is 11.3 Å². The molecule has 1 aromatic heterocycles. The third kappa shape index (κ3) is 8.18. The van der Waals surface area contributed by atoms with Crippen LogP contribution in [-0.4, -0.2) is 102 Å². The molecule has 3 saturated heterocycles. The normalized spacial score (nSPS) is 22.6. The number of rotatable bonds is 12. The van der Waals surface area contributed by atoms with E-state index in [1.165, 1.54) is 25.2 Å². The molecule has 4 heterocycles. The van der Waals surface area contributed by atoms with Gasteiger partial charge >= 0.3 is 10.2 Å². The standard InChI is InChI=1S/C45H49F2N9O7S/c1-3-53(2)64(61,62)52-38-9-7-35(46)41(34(38)22-48)63-31-5-8-37-33(19-31)44(60)56(25-49-37)30-20-45(21-30)12-14-54(15-13-45)43(59)26-16-29(17-26)55-23-27(24-55)32-6-4-28(18-36(32)47)50-39-10-11-40(57)51-42(39)58/h4-9,18-19,25-27,29-30,39,50,52H,3,10-17,20-21,23-24H2,1-2H3,(H,51,57,58). The van der Waals surface area contributed by atoms with Crippen LogP contribution < -0.4 is 25.7 Å². The molecule has 2 saturated carbocycles. The van der Waals surface area contributed by atoms with E-state index in [1.54, 1.807) is 36.0 Å². The van der Waals surface area contributed by atoms with E-state index >= 15 is 8.78 Å². The van der Waals surface area contributed by atoms with Gasteiger partial charge in [-0.3, -0.25) is 38.7 Å². The minimum absolute atomic E-state index is 0.0216. The molecule has 9 rings (SSSR count). The Balaban J connectivity index is 0.754. The second kappa shape index (κ2) is 16.9. The number of fused-ring (bicyclic) bond motifs is 1. The molecule has 0 radical (unpaired) electrons. The number of amides is 3. The maximum absolute atomic E-state index is 15.2. The summed E-state index contributed by atoms with van der Waals surface area (Å²) in [5.74, 6) is -2.11. The molecule has 1 spiro atoms. The van der Waals surface area contributed by atoms with Gasteiger partial charge < -0.3 is 15.0 Å². The predicted molar refractivity (Wildman–Crippen MR) is 232 cm³/mol. The largest absolute Gasteiger partial charge is 0.453 e. The first kappa shape index (κ1) is 43.3. The Labute approximate surface area is 368 Å². The molecule has 3 aromatic carbocycles.